The van der Waals surface area contributed by atoms with Gasteiger partial charge in [0.05, 0.1) is 18.9 Å². The van der Waals surface area contributed by atoms with Crippen LogP contribution in [-0.4, -0.2) is 86.7 Å². The number of ether oxygens (including phenoxy) is 3. The summed E-state index contributed by atoms with van der Waals surface area (Å²) in [5.74, 6) is 0.146. The summed E-state index contributed by atoms with van der Waals surface area (Å²) in [7, 11) is -3.19. The standard InChI is InChI=1S/C35H58N5O9P/c1-3-4-5-6-7-8-9-10-11-12-13-14-15-16-17-18-21-46-23-27(45-2)24-47-50(43,44)48-30-22-34(30)31(41)32(42)35(25-36,49-34)29-20-19-28-33(37)38-26-39-40(28)29/h19-20,26-27,30-32,41-42H,3-18,21-24H2,1-2H3,(H,43,44)(H2,37,38,39)/t27-,30+,31+,32-,34+,35+/m1/s1. The van der Waals surface area contributed by atoms with Crippen LogP contribution in [0, 0.1) is 11.3 Å². The number of rotatable bonds is 26. The Labute approximate surface area is 296 Å². The van der Waals surface area contributed by atoms with Gasteiger partial charge in [-0.2, -0.15) is 10.4 Å². The summed E-state index contributed by atoms with van der Waals surface area (Å²) >= 11 is 0. The lowest BCUT2D eigenvalue weighted by molar-refractivity contribution is -0.0766. The average Bonchev–Trinajstić information content (AvgIpc) is 3.48. The summed E-state index contributed by atoms with van der Waals surface area (Å²) in [6, 6.07) is 5.00. The van der Waals surface area contributed by atoms with Crippen molar-refractivity contribution in [1.82, 2.24) is 14.6 Å². The van der Waals surface area contributed by atoms with Crippen molar-refractivity contribution in [2.45, 2.75) is 152 Å². The second-order valence-corrected chi connectivity index (χ2v) is 15.2. The molecule has 7 atom stereocenters. The third-order valence-electron chi connectivity index (χ3n) is 9.95. The van der Waals surface area contributed by atoms with Gasteiger partial charge in [-0.3, -0.25) is 9.05 Å². The molecule has 0 bridgehead atoms. The second-order valence-electron chi connectivity index (χ2n) is 13.8. The first kappa shape index (κ1) is 40.6. The molecule has 1 saturated heterocycles. The molecule has 2 aliphatic rings. The number of aliphatic hydroxyl groups excluding tert-OH is 2. The SMILES string of the molecule is CCCCCCCCCCCCCCCCCCOC[C@H](COP(=O)(O)O[C@H]1C[C@]12O[C@@](C#N)(c1ccc3c(N)ncnn13)[C@H](O)[C@@H]2O)OC. The Kier molecular flexibility index (Phi) is 15.9. The number of anilines is 1. The molecule has 1 unspecified atom stereocenters. The maximum Gasteiger partial charge on any atom is 0.472 e. The van der Waals surface area contributed by atoms with E-state index < -0.39 is 43.4 Å². The number of nitrogen functional groups attached to an aromatic ring is 1. The molecule has 0 aromatic carbocycles. The highest BCUT2D eigenvalue weighted by atomic mass is 31.2. The fourth-order valence-corrected chi connectivity index (χ4v) is 7.78. The Morgan fingerprint density at radius 2 is 1.60 bits per heavy atom. The highest BCUT2D eigenvalue weighted by Gasteiger charge is 2.76. The van der Waals surface area contributed by atoms with Gasteiger partial charge in [0.25, 0.3) is 0 Å². The lowest BCUT2D eigenvalue weighted by Gasteiger charge is -2.24. The van der Waals surface area contributed by atoms with Crippen LogP contribution in [0.2, 0.25) is 0 Å². The molecule has 1 saturated carbocycles. The van der Waals surface area contributed by atoms with E-state index in [9.17, 15) is 24.9 Å². The number of unbranched alkanes of at least 4 members (excludes halogenated alkanes) is 15. The minimum atomic E-state index is -4.65. The monoisotopic (exact) mass is 723 g/mol. The number of aliphatic hydroxyl groups is 2. The van der Waals surface area contributed by atoms with Crippen molar-refractivity contribution in [3.05, 3.63) is 24.2 Å². The van der Waals surface area contributed by atoms with Gasteiger partial charge in [-0.05, 0) is 18.6 Å². The summed E-state index contributed by atoms with van der Waals surface area (Å²) in [5, 5.41) is 36.2. The third-order valence-corrected chi connectivity index (χ3v) is 10.9. The topological polar surface area (TPSA) is 204 Å². The number of nitriles is 1. The van der Waals surface area contributed by atoms with Crippen LogP contribution in [0.3, 0.4) is 0 Å². The summed E-state index contributed by atoms with van der Waals surface area (Å²) < 4.78 is 41.8. The Hall–Kier alpha value is -2.18. The van der Waals surface area contributed by atoms with Crippen LogP contribution >= 0.6 is 7.82 Å². The van der Waals surface area contributed by atoms with Crippen LogP contribution in [0.4, 0.5) is 5.82 Å². The maximum atomic E-state index is 12.8. The number of nitrogens with zero attached hydrogens (tertiary/aromatic N) is 4. The van der Waals surface area contributed by atoms with E-state index in [1.807, 2.05) is 6.07 Å². The van der Waals surface area contributed by atoms with Crippen molar-refractivity contribution in [2.24, 2.45) is 0 Å². The van der Waals surface area contributed by atoms with E-state index >= 15 is 0 Å². The zero-order valence-electron chi connectivity index (χ0n) is 29.8. The normalized spacial score (nSPS) is 26.4. The number of hydrogen-bond donors (Lipinski definition) is 4. The van der Waals surface area contributed by atoms with Crippen molar-refractivity contribution >= 4 is 19.2 Å². The molecule has 4 rings (SSSR count). The Balaban J connectivity index is 1.08. The van der Waals surface area contributed by atoms with Crippen LogP contribution < -0.4 is 5.73 Å². The zero-order valence-corrected chi connectivity index (χ0v) is 30.7. The number of hydrogen-bond acceptors (Lipinski definition) is 12. The molecule has 2 aromatic heterocycles. The maximum absolute atomic E-state index is 12.8. The first-order valence-corrected chi connectivity index (χ1v) is 20.0. The lowest BCUT2D eigenvalue weighted by Crippen LogP contribution is -2.41. The largest absolute Gasteiger partial charge is 0.472 e. The smallest absolute Gasteiger partial charge is 0.387 e. The molecule has 1 spiro atoms. The van der Waals surface area contributed by atoms with E-state index in [1.165, 1.54) is 114 Å². The number of phosphoric ester groups is 1. The summed E-state index contributed by atoms with van der Waals surface area (Å²) in [6.45, 7) is 2.73. The quantitative estimate of drug-likeness (QED) is 0.0678. The van der Waals surface area contributed by atoms with Gasteiger partial charge in [-0.15, -0.1) is 0 Å². The Morgan fingerprint density at radius 3 is 2.18 bits per heavy atom. The molecular formula is C35H58N5O9P. The van der Waals surface area contributed by atoms with Gasteiger partial charge in [0, 0.05) is 20.1 Å². The van der Waals surface area contributed by atoms with Crippen LogP contribution in [-0.2, 0) is 33.4 Å². The fourth-order valence-electron chi connectivity index (χ4n) is 6.79. The van der Waals surface area contributed by atoms with Gasteiger partial charge in [-0.1, -0.05) is 103 Å². The molecule has 3 heterocycles. The van der Waals surface area contributed by atoms with Crippen LogP contribution in [0.5, 0.6) is 0 Å². The third kappa shape index (κ3) is 10.5. The van der Waals surface area contributed by atoms with Crippen molar-refractivity contribution in [2.75, 3.05) is 32.7 Å². The van der Waals surface area contributed by atoms with E-state index in [4.69, 9.17) is 29.0 Å². The van der Waals surface area contributed by atoms with Crippen molar-refractivity contribution < 1.29 is 42.9 Å². The predicted octanol–water partition coefficient (Wildman–Crippen LogP) is 5.72. The molecule has 5 N–H and O–H groups in total. The number of fused-ring (bicyclic) bond motifs is 1. The van der Waals surface area contributed by atoms with Crippen molar-refractivity contribution in [3.8, 4) is 6.07 Å². The molecule has 282 valence electrons. The predicted molar refractivity (Wildman–Crippen MR) is 187 cm³/mol. The molecule has 0 radical (unpaired) electrons. The molecule has 0 amide bonds. The van der Waals surface area contributed by atoms with Gasteiger partial charge in [0.15, 0.2) is 5.82 Å². The van der Waals surface area contributed by atoms with Crippen LogP contribution in [0.25, 0.3) is 5.52 Å². The number of aromatic nitrogens is 3. The van der Waals surface area contributed by atoms with E-state index in [0.29, 0.717) is 12.1 Å². The highest BCUT2D eigenvalue weighted by molar-refractivity contribution is 7.47. The van der Waals surface area contributed by atoms with Gasteiger partial charge in [-0.25, -0.2) is 14.1 Å². The van der Waals surface area contributed by atoms with Gasteiger partial charge in [0.1, 0.15) is 47.9 Å². The molecule has 1 aliphatic heterocycles. The molecule has 2 aromatic rings. The van der Waals surface area contributed by atoms with Crippen LogP contribution in [0.15, 0.2) is 18.5 Å². The molecule has 50 heavy (non-hydrogen) atoms. The second kappa shape index (κ2) is 19.6. The van der Waals surface area contributed by atoms with Gasteiger partial charge < -0.3 is 35.1 Å². The van der Waals surface area contributed by atoms with Gasteiger partial charge >= 0.3 is 7.82 Å². The van der Waals surface area contributed by atoms with Crippen LogP contribution in [0.1, 0.15) is 122 Å². The van der Waals surface area contributed by atoms with E-state index in [2.05, 4.69) is 17.0 Å². The molecule has 14 nitrogen and oxygen atoms in total. The molecule has 1 aliphatic carbocycles. The minimum absolute atomic E-state index is 0.0564. The molecular weight excluding hydrogens is 665 g/mol. The zero-order chi connectivity index (χ0) is 36.0. The Morgan fingerprint density at radius 1 is 1.00 bits per heavy atom. The average molecular weight is 724 g/mol. The summed E-state index contributed by atoms with van der Waals surface area (Å²) in [4.78, 5) is 14.4. The molecule has 2 fully saturated rings. The van der Waals surface area contributed by atoms with Crippen molar-refractivity contribution in [3.63, 3.8) is 0 Å². The summed E-state index contributed by atoms with van der Waals surface area (Å²) in [5.41, 5.74) is 2.72. The van der Waals surface area contributed by atoms with E-state index in [1.54, 1.807) is 6.07 Å². The lowest BCUT2D eigenvalue weighted by atomic mass is 9.92. The highest BCUT2D eigenvalue weighted by Crippen LogP contribution is 2.62. The van der Waals surface area contributed by atoms with Crippen molar-refractivity contribution in [1.29, 1.82) is 5.26 Å². The first-order chi connectivity index (χ1) is 24.1. The van der Waals surface area contributed by atoms with E-state index in [0.717, 1.165) is 12.8 Å². The molecule has 15 heteroatoms. The Bertz CT molecular complexity index is 1410. The van der Waals surface area contributed by atoms with E-state index in [-0.39, 0.29) is 31.1 Å². The van der Waals surface area contributed by atoms with Gasteiger partial charge in [0.2, 0.25) is 5.60 Å². The fraction of sp³-hybridized carbons (Fsp3) is 0.800. The number of methoxy groups -OCH3 is 1. The number of nitrogens with two attached hydrogens (primary N) is 1. The summed E-state index contributed by atoms with van der Waals surface area (Å²) in [6.07, 6.45) is 16.8. The first-order valence-electron chi connectivity index (χ1n) is 18.5. The minimum Gasteiger partial charge on any atom is -0.387 e. The number of phosphoric acid groups is 1.